The maximum Gasteiger partial charge on any atom is 0.340 e. The van der Waals surface area contributed by atoms with Crippen LogP contribution in [0.3, 0.4) is 0 Å². The van der Waals surface area contributed by atoms with Gasteiger partial charge in [-0.05, 0) is 32.9 Å². The van der Waals surface area contributed by atoms with E-state index in [0.29, 0.717) is 6.54 Å². The number of amides is 1. The number of hydrogen-bond donors (Lipinski definition) is 3. The molecule has 0 radical (unpaired) electrons. The number of anilines is 2. The van der Waals surface area contributed by atoms with E-state index in [9.17, 15) is 19.1 Å². The summed E-state index contributed by atoms with van der Waals surface area (Å²) in [7, 11) is 0. The number of carbonyl (C=O) groups is 2. The molecule has 0 aromatic heterocycles. The van der Waals surface area contributed by atoms with Crippen LogP contribution in [0.25, 0.3) is 0 Å². The van der Waals surface area contributed by atoms with E-state index in [0.717, 1.165) is 6.07 Å². The van der Waals surface area contributed by atoms with Crippen LogP contribution in [0.2, 0.25) is 0 Å². The van der Waals surface area contributed by atoms with Crippen molar-refractivity contribution in [2.24, 2.45) is 0 Å². The van der Waals surface area contributed by atoms with Gasteiger partial charge >= 0.3 is 5.97 Å². The second-order valence-electron chi connectivity index (χ2n) is 4.90. The predicted octanol–water partition coefficient (Wildman–Crippen LogP) is 1.46. The van der Waals surface area contributed by atoms with Crippen LogP contribution >= 0.6 is 0 Å². The van der Waals surface area contributed by atoms with Crippen molar-refractivity contribution in [1.82, 2.24) is 5.32 Å². The molecule has 1 amide bonds. The second-order valence-corrected chi connectivity index (χ2v) is 4.90. The summed E-state index contributed by atoms with van der Waals surface area (Å²) < 4.78 is 13.4. The van der Waals surface area contributed by atoms with Crippen LogP contribution in [0, 0.1) is 5.82 Å². The monoisotopic (exact) mass is 297 g/mol. The Morgan fingerprint density at radius 1 is 1.43 bits per heavy atom. The van der Waals surface area contributed by atoms with Crippen molar-refractivity contribution >= 4 is 23.3 Å². The lowest BCUT2D eigenvalue weighted by molar-refractivity contribution is -0.120. The fourth-order valence-electron chi connectivity index (χ4n) is 1.98. The predicted molar refractivity (Wildman–Crippen MR) is 78.9 cm³/mol. The molecule has 6 nitrogen and oxygen atoms in total. The molecule has 1 aromatic carbocycles. The summed E-state index contributed by atoms with van der Waals surface area (Å²) in [6, 6.07) is 2.40. The average molecular weight is 297 g/mol. The second kappa shape index (κ2) is 6.92. The number of likely N-dealkylation sites (N-methyl/N-ethyl adjacent to an activating group) is 1. The minimum atomic E-state index is -1.33. The van der Waals surface area contributed by atoms with E-state index >= 15 is 0 Å². The molecule has 0 fully saturated rings. The first kappa shape index (κ1) is 16.7. The maximum atomic E-state index is 13.4. The van der Waals surface area contributed by atoms with Gasteiger partial charge in [0.15, 0.2) is 0 Å². The molecule has 1 aromatic rings. The molecule has 0 unspecified atom stereocenters. The first-order chi connectivity index (χ1) is 9.77. The normalized spacial score (nSPS) is 10.5. The smallest absolute Gasteiger partial charge is 0.340 e. The van der Waals surface area contributed by atoms with Crippen molar-refractivity contribution in [2.45, 2.75) is 26.8 Å². The summed E-state index contributed by atoms with van der Waals surface area (Å²) in [5.74, 6) is -2.37. The largest absolute Gasteiger partial charge is 0.478 e. The van der Waals surface area contributed by atoms with E-state index in [-0.39, 0.29) is 29.7 Å². The highest BCUT2D eigenvalue weighted by Gasteiger charge is 2.22. The van der Waals surface area contributed by atoms with Gasteiger partial charge in [-0.3, -0.25) is 4.79 Å². The summed E-state index contributed by atoms with van der Waals surface area (Å²) in [4.78, 5) is 24.7. The lowest BCUT2D eigenvalue weighted by Crippen LogP contribution is -2.40. The summed E-state index contributed by atoms with van der Waals surface area (Å²) in [6.45, 7) is 5.78. The quantitative estimate of drug-likeness (QED) is 0.691. The fourth-order valence-corrected chi connectivity index (χ4v) is 1.98. The highest BCUT2D eigenvalue weighted by atomic mass is 19.1. The van der Waals surface area contributed by atoms with E-state index in [1.807, 2.05) is 13.8 Å². The highest BCUT2D eigenvalue weighted by molar-refractivity contribution is 6.00. The van der Waals surface area contributed by atoms with Gasteiger partial charge in [0.1, 0.15) is 11.4 Å². The summed E-state index contributed by atoms with van der Waals surface area (Å²) in [6.07, 6.45) is 0. The molecule has 0 atom stereocenters. The molecule has 0 saturated carbocycles. The van der Waals surface area contributed by atoms with Gasteiger partial charge < -0.3 is 21.1 Å². The van der Waals surface area contributed by atoms with Crippen molar-refractivity contribution < 1.29 is 19.1 Å². The molecular weight excluding hydrogens is 277 g/mol. The van der Waals surface area contributed by atoms with Gasteiger partial charge in [-0.15, -0.1) is 0 Å². The van der Waals surface area contributed by atoms with E-state index in [4.69, 9.17) is 5.73 Å². The molecule has 1 rings (SSSR count). The number of carbonyl (C=O) groups excluding carboxylic acids is 1. The van der Waals surface area contributed by atoms with Crippen molar-refractivity contribution in [2.75, 3.05) is 23.7 Å². The maximum absolute atomic E-state index is 13.4. The highest BCUT2D eigenvalue weighted by Crippen LogP contribution is 2.28. The average Bonchev–Trinajstić information content (AvgIpc) is 2.37. The van der Waals surface area contributed by atoms with Gasteiger partial charge in [0, 0.05) is 12.6 Å². The fraction of sp³-hybridized carbons (Fsp3) is 0.429. The molecule has 0 saturated heterocycles. The van der Waals surface area contributed by atoms with Crippen LogP contribution in [0.4, 0.5) is 15.8 Å². The Morgan fingerprint density at radius 2 is 2.05 bits per heavy atom. The number of hydrogen-bond acceptors (Lipinski definition) is 4. The molecule has 0 aliphatic heterocycles. The molecule has 0 spiro atoms. The number of nitrogens with zero attached hydrogens (tertiary/aromatic N) is 1. The number of carboxylic acid groups (broad SMARTS) is 1. The number of rotatable bonds is 6. The Balaban J connectivity index is 3.14. The topological polar surface area (TPSA) is 95.7 Å². The van der Waals surface area contributed by atoms with E-state index in [1.165, 1.54) is 11.0 Å². The first-order valence-corrected chi connectivity index (χ1v) is 6.63. The minimum absolute atomic E-state index is 0.0200. The van der Waals surface area contributed by atoms with Crippen LogP contribution in [0.5, 0.6) is 0 Å². The summed E-state index contributed by atoms with van der Waals surface area (Å²) in [5, 5.41) is 11.9. The van der Waals surface area contributed by atoms with Gasteiger partial charge in [0.05, 0.1) is 17.9 Å². The van der Waals surface area contributed by atoms with E-state index in [2.05, 4.69) is 5.32 Å². The number of aromatic carboxylic acids is 1. The van der Waals surface area contributed by atoms with Gasteiger partial charge in [-0.25, -0.2) is 9.18 Å². The van der Waals surface area contributed by atoms with Crippen LogP contribution < -0.4 is 16.0 Å². The van der Waals surface area contributed by atoms with E-state index < -0.39 is 17.5 Å². The zero-order chi connectivity index (χ0) is 16.2. The third kappa shape index (κ3) is 4.08. The number of carboxylic acids is 1. The molecule has 0 aliphatic rings. The van der Waals surface area contributed by atoms with Crippen molar-refractivity contribution in [3.63, 3.8) is 0 Å². The number of nitrogens with two attached hydrogens (primary N) is 1. The Morgan fingerprint density at radius 3 is 2.52 bits per heavy atom. The van der Waals surface area contributed by atoms with Gasteiger partial charge in [0.25, 0.3) is 0 Å². The SMILES string of the molecule is CCN(CC(=O)NC(C)C)c1ccc(F)c(N)c1C(=O)O. The van der Waals surface area contributed by atoms with Crippen LogP contribution in [-0.4, -0.2) is 36.1 Å². The minimum Gasteiger partial charge on any atom is -0.478 e. The first-order valence-electron chi connectivity index (χ1n) is 6.63. The number of nitrogens with one attached hydrogen (secondary N) is 1. The summed E-state index contributed by atoms with van der Waals surface area (Å²) >= 11 is 0. The number of benzene rings is 1. The van der Waals surface area contributed by atoms with Crippen LogP contribution in [0.15, 0.2) is 12.1 Å². The molecule has 21 heavy (non-hydrogen) atoms. The standard InChI is InChI=1S/C14H20FN3O3/c1-4-18(7-11(19)17-8(2)3)10-6-5-9(15)13(16)12(10)14(20)21/h5-6,8H,4,7,16H2,1-3H3,(H,17,19)(H,20,21). The molecular formula is C14H20FN3O3. The molecule has 0 heterocycles. The van der Waals surface area contributed by atoms with Crippen molar-refractivity contribution in [1.29, 1.82) is 0 Å². The Labute approximate surface area is 122 Å². The third-order valence-corrected chi connectivity index (χ3v) is 2.89. The molecule has 4 N–H and O–H groups in total. The molecule has 0 aliphatic carbocycles. The zero-order valence-electron chi connectivity index (χ0n) is 12.3. The van der Waals surface area contributed by atoms with Gasteiger partial charge in [-0.1, -0.05) is 0 Å². The summed E-state index contributed by atoms with van der Waals surface area (Å²) in [5.41, 5.74) is 4.98. The van der Waals surface area contributed by atoms with Crippen LogP contribution in [-0.2, 0) is 4.79 Å². The van der Waals surface area contributed by atoms with E-state index in [1.54, 1.807) is 6.92 Å². The van der Waals surface area contributed by atoms with Crippen LogP contribution in [0.1, 0.15) is 31.1 Å². The van der Waals surface area contributed by atoms with Crippen molar-refractivity contribution in [3.8, 4) is 0 Å². The Bertz CT molecular complexity index is 547. The Hall–Kier alpha value is -2.31. The van der Waals surface area contributed by atoms with Crippen molar-refractivity contribution in [3.05, 3.63) is 23.5 Å². The zero-order valence-corrected chi connectivity index (χ0v) is 12.3. The van der Waals surface area contributed by atoms with Gasteiger partial charge in [0.2, 0.25) is 5.91 Å². The lowest BCUT2D eigenvalue weighted by atomic mass is 10.1. The third-order valence-electron chi connectivity index (χ3n) is 2.89. The van der Waals surface area contributed by atoms with Gasteiger partial charge in [-0.2, -0.15) is 0 Å². The lowest BCUT2D eigenvalue weighted by Gasteiger charge is -2.25. The Kier molecular flexibility index (Phi) is 5.52. The molecule has 0 bridgehead atoms. The number of nitrogen functional groups attached to an aromatic ring is 1. The number of halogens is 1. The molecule has 116 valence electrons. The molecule has 7 heteroatoms.